The fraction of sp³-hybridized carbons (Fsp3) is 0.636. The van der Waals surface area contributed by atoms with Gasteiger partial charge in [0.15, 0.2) is 0 Å². The molecule has 3 atom stereocenters. The SMILES string of the molecule is CCO[C@H]1C[C@H]2C=C(OC)[C@@H]1C(=O)C2=O. The number of carbonyl (C=O) groups excluding carboxylic acids is 2. The molecular weight excluding hydrogens is 196 g/mol. The monoisotopic (exact) mass is 210 g/mol. The van der Waals surface area contributed by atoms with E-state index in [-0.39, 0.29) is 23.6 Å². The summed E-state index contributed by atoms with van der Waals surface area (Å²) >= 11 is 0. The molecule has 2 bridgehead atoms. The summed E-state index contributed by atoms with van der Waals surface area (Å²) in [7, 11) is 1.52. The molecule has 0 aromatic heterocycles. The van der Waals surface area contributed by atoms with Crippen LogP contribution in [0.1, 0.15) is 13.3 Å². The first-order valence-corrected chi connectivity index (χ1v) is 5.14. The van der Waals surface area contributed by atoms with E-state index in [1.807, 2.05) is 6.92 Å². The highest BCUT2D eigenvalue weighted by Crippen LogP contribution is 2.38. The lowest BCUT2D eigenvalue weighted by atomic mass is 9.71. The Morgan fingerprint density at radius 1 is 1.40 bits per heavy atom. The second-order valence-electron chi connectivity index (χ2n) is 3.82. The molecule has 0 saturated heterocycles. The third-order valence-corrected chi connectivity index (χ3v) is 3.01. The Hall–Kier alpha value is -1.16. The van der Waals surface area contributed by atoms with Crippen LogP contribution in [0.15, 0.2) is 11.8 Å². The molecule has 0 radical (unpaired) electrons. The Balaban J connectivity index is 2.31. The fourth-order valence-corrected chi connectivity index (χ4v) is 2.33. The number of carbonyl (C=O) groups is 2. The van der Waals surface area contributed by atoms with Crippen molar-refractivity contribution >= 4 is 11.6 Å². The summed E-state index contributed by atoms with van der Waals surface area (Å²) in [6.45, 7) is 2.43. The average Bonchev–Trinajstić information content (AvgIpc) is 2.24. The van der Waals surface area contributed by atoms with E-state index in [0.717, 1.165) is 0 Å². The molecule has 4 heteroatoms. The molecule has 15 heavy (non-hydrogen) atoms. The molecule has 0 N–H and O–H groups in total. The highest BCUT2D eigenvalue weighted by atomic mass is 16.5. The standard InChI is InChI=1S/C11H14O4/c1-3-15-8-5-6-4-7(14-2)9(8)11(13)10(6)12/h4,6,8-9H,3,5H2,1-2H3/t6-,8+,9+/m1/s1. The Labute approximate surface area is 88.2 Å². The highest BCUT2D eigenvalue weighted by molar-refractivity contribution is 6.41. The maximum Gasteiger partial charge on any atom is 0.212 e. The molecule has 1 saturated carbocycles. The zero-order valence-electron chi connectivity index (χ0n) is 8.86. The Bertz CT molecular complexity index is 331. The summed E-state index contributed by atoms with van der Waals surface area (Å²) in [6, 6.07) is 0. The minimum Gasteiger partial charge on any atom is -0.501 e. The Morgan fingerprint density at radius 3 is 2.67 bits per heavy atom. The first kappa shape index (κ1) is 10.4. The van der Waals surface area contributed by atoms with E-state index >= 15 is 0 Å². The molecular formula is C11H14O4. The number of Topliss-reactive ketones (excluding diaryl/α,β-unsaturated/α-hetero) is 2. The van der Waals surface area contributed by atoms with Gasteiger partial charge >= 0.3 is 0 Å². The Kier molecular flexibility index (Phi) is 2.61. The van der Waals surface area contributed by atoms with Crippen molar-refractivity contribution in [3.8, 4) is 0 Å². The molecule has 0 spiro atoms. The van der Waals surface area contributed by atoms with Crippen molar-refractivity contribution in [2.45, 2.75) is 19.4 Å². The molecule has 0 aromatic rings. The highest BCUT2D eigenvalue weighted by Gasteiger charge is 2.49. The third-order valence-electron chi connectivity index (χ3n) is 3.01. The van der Waals surface area contributed by atoms with E-state index in [0.29, 0.717) is 18.8 Å². The molecule has 0 aliphatic heterocycles. The van der Waals surface area contributed by atoms with Crippen molar-refractivity contribution in [2.24, 2.45) is 11.8 Å². The van der Waals surface area contributed by atoms with E-state index in [1.165, 1.54) is 7.11 Å². The van der Waals surface area contributed by atoms with Crippen LogP contribution in [0.3, 0.4) is 0 Å². The van der Waals surface area contributed by atoms with E-state index < -0.39 is 5.92 Å². The van der Waals surface area contributed by atoms with Crippen LogP contribution in [0.25, 0.3) is 0 Å². The van der Waals surface area contributed by atoms with Gasteiger partial charge in [-0.25, -0.2) is 0 Å². The number of methoxy groups -OCH3 is 1. The Morgan fingerprint density at radius 2 is 2.13 bits per heavy atom. The van der Waals surface area contributed by atoms with Crippen molar-refractivity contribution in [3.05, 3.63) is 11.8 Å². The van der Waals surface area contributed by atoms with Gasteiger partial charge in [-0.1, -0.05) is 0 Å². The topological polar surface area (TPSA) is 52.6 Å². The average molecular weight is 210 g/mol. The smallest absolute Gasteiger partial charge is 0.212 e. The van der Waals surface area contributed by atoms with Gasteiger partial charge in [0, 0.05) is 12.5 Å². The van der Waals surface area contributed by atoms with Crippen molar-refractivity contribution in [1.82, 2.24) is 0 Å². The quantitative estimate of drug-likeness (QED) is 0.644. The van der Waals surface area contributed by atoms with Crippen LogP contribution in [0.4, 0.5) is 0 Å². The summed E-state index contributed by atoms with van der Waals surface area (Å²) in [6.07, 6.45) is 2.17. The van der Waals surface area contributed by atoms with Gasteiger partial charge in [0.2, 0.25) is 11.6 Å². The summed E-state index contributed by atoms with van der Waals surface area (Å²) in [5, 5.41) is 0. The van der Waals surface area contributed by atoms with Crippen LogP contribution in [0.2, 0.25) is 0 Å². The van der Waals surface area contributed by atoms with Gasteiger partial charge in [-0.05, 0) is 19.4 Å². The van der Waals surface area contributed by atoms with Gasteiger partial charge in [-0.2, -0.15) is 0 Å². The molecule has 0 unspecified atom stereocenters. The van der Waals surface area contributed by atoms with E-state index in [2.05, 4.69) is 0 Å². The van der Waals surface area contributed by atoms with Crippen LogP contribution in [0.5, 0.6) is 0 Å². The van der Waals surface area contributed by atoms with Crippen LogP contribution < -0.4 is 0 Å². The van der Waals surface area contributed by atoms with E-state index in [9.17, 15) is 9.59 Å². The first-order chi connectivity index (χ1) is 7.19. The summed E-state index contributed by atoms with van der Waals surface area (Å²) in [4.78, 5) is 23.2. The van der Waals surface area contributed by atoms with Gasteiger partial charge in [-0.15, -0.1) is 0 Å². The number of allylic oxidation sites excluding steroid dienone is 1. The number of hydrogen-bond acceptors (Lipinski definition) is 4. The van der Waals surface area contributed by atoms with Crippen LogP contribution in [-0.2, 0) is 19.1 Å². The zero-order valence-corrected chi connectivity index (χ0v) is 8.86. The van der Waals surface area contributed by atoms with Gasteiger partial charge < -0.3 is 9.47 Å². The minimum atomic E-state index is -0.507. The number of ketones is 2. The number of hydrogen-bond donors (Lipinski definition) is 0. The first-order valence-electron chi connectivity index (χ1n) is 5.14. The number of fused-ring (bicyclic) bond motifs is 2. The molecule has 1 fully saturated rings. The van der Waals surface area contributed by atoms with Gasteiger partial charge in [0.1, 0.15) is 11.7 Å². The van der Waals surface area contributed by atoms with Crippen molar-refractivity contribution < 1.29 is 19.1 Å². The fourth-order valence-electron chi connectivity index (χ4n) is 2.33. The normalized spacial score (nSPS) is 34.3. The maximum absolute atomic E-state index is 11.7. The van der Waals surface area contributed by atoms with Crippen LogP contribution in [-0.4, -0.2) is 31.4 Å². The lowest BCUT2D eigenvalue weighted by molar-refractivity contribution is -0.150. The maximum atomic E-state index is 11.7. The van der Waals surface area contributed by atoms with Crippen molar-refractivity contribution in [3.63, 3.8) is 0 Å². The van der Waals surface area contributed by atoms with E-state index in [1.54, 1.807) is 6.08 Å². The molecule has 4 nitrogen and oxygen atoms in total. The lowest BCUT2D eigenvalue weighted by Crippen LogP contribution is -2.49. The number of ether oxygens (including phenoxy) is 2. The number of rotatable bonds is 3. The largest absolute Gasteiger partial charge is 0.501 e. The van der Waals surface area contributed by atoms with Crippen molar-refractivity contribution in [2.75, 3.05) is 13.7 Å². The summed E-state index contributed by atoms with van der Waals surface area (Å²) in [5.41, 5.74) is 0. The van der Waals surface area contributed by atoms with Gasteiger partial charge in [0.25, 0.3) is 0 Å². The molecule has 3 aliphatic carbocycles. The molecule has 0 amide bonds. The summed E-state index contributed by atoms with van der Waals surface area (Å²) < 4.78 is 10.6. The predicted molar refractivity (Wildman–Crippen MR) is 52.1 cm³/mol. The minimum absolute atomic E-state index is 0.190. The summed E-state index contributed by atoms with van der Waals surface area (Å²) in [5.74, 6) is -0.906. The zero-order chi connectivity index (χ0) is 11.0. The molecule has 3 aliphatic rings. The second kappa shape index (κ2) is 3.77. The van der Waals surface area contributed by atoms with Crippen LogP contribution >= 0.6 is 0 Å². The molecule has 82 valence electrons. The van der Waals surface area contributed by atoms with Crippen molar-refractivity contribution in [1.29, 1.82) is 0 Å². The predicted octanol–water partition coefficient (Wildman–Crippen LogP) is 0.710. The van der Waals surface area contributed by atoms with Gasteiger partial charge in [0.05, 0.1) is 13.2 Å². The molecule has 3 rings (SSSR count). The molecule has 0 aromatic carbocycles. The second-order valence-corrected chi connectivity index (χ2v) is 3.82. The van der Waals surface area contributed by atoms with E-state index in [4.69, 9.17) is 9.47 Å². The van der Waals surface area contributed by atoms with Crippen LogP contribution in [0, 0.1) is 11.8 Å². The molecule has 0 heterocycles. The lowest BCUT2D eigenvalue weighted by Gasteiger charge is -2.38. The van der Waals surface area contributed by atoms with Gasteiger partial charge in [-0.3, -0.25) is 9.59 Å². The third kappa shape index (κ3) is 1.49.